The van der Waals surface area contributed by atoms with E-state index in [0.717, 1.165) is 38.0 Å². The summed E-state index contributed by atoms with van der Waals surface area (Å²) in [6, 6.07) is 6.62. The summed E-state index contributed by atoms with van der Waals surface area (Å²) < 4.78 is 12.9. The minimum atomic E-state index is -0.261. The first-order valence-electron chi connectivity index (χ1n) is 7.94. The molecule has 3 nitrogen and oxygen atoms in total. The number of rotatable bonds is 6. The lowest BCUT2D eigenvalue weighted by Crippen LogP contribution is -2.46. The fourth-order valence-electron chi connectivity index (χ4n) is 2.82. The van der Waals surface area contributed by atoms with Crippen molar-refractivity contribution in [3.63, 3.8) is 0 Å². The Morgan fingerprint density at radius 1 is 1.33 bits per heavy atom. The number of nitrogens with zero attached hydrogens (tertiary/aromatic N) is 1. The molecule has 0 bridgehead atoms. The zero-order chi connectivity index (χ0) is 15.1. The minimum Gasteiger partial charge on any atom is -0.341 e. The fraction of sp³-hybridized carbons (Fsp3) is 0.588. The van der Waals surface area contributed by atoms with Crippen LogP contribution in [0.5, 0.6) is 0 Å². The third-order valence-corrected chi connectivity index (χ3v) is 3.97. The maximum absolute atomic E-state index is 12.9. The van der Waals surface area contributed by atoms with E-state index in [-0.39, 0.29) is 11.7 Å². The maximum atomic E-state index is 12.9. The lowest BCUT2D eigenvalue weighted by molar-refractivity contribution is -0.131. The molecule has 1 aliphatic heterocycles. The molecule has 0 radical (unpaired) electrons. The molecule has 1 aromatic carbocycles. The van der Waals surface area contributed by atoms with Crippen LogP contribution in [0.25, 0.3) is 0 Å². The van der Waals surface area contributed by atoms with E-state index < -0.39 is 0 Å². The van der Waals surface area contributed by atoms with E-state index in [2.05, 4.69) is 12.2 Å². The van der Waals surface area contributed by atoms with Crippen LogP contribution >= 0.6 is 0 Å². The van der Waals surface area contributed by atoms with Crippen LogP contribution in [0.4, 0.5) is 4.39 Å². The predicted molar refractivity (Wildman–Crippen MR) is 82.6 cm³/mol. The number of carbonyl (C=O) groups excluding carboxylic acids is 1. The van der Waals surface area contributed by atoms with Gasteiger partial charge < -0.3 is 10.2 Å². The highest BCUT2D eigenvalue weighted by molar-refractivity contribution is 5.78. The number of amides is 1. The van der Waals surface area contributed by atoms with Gasteiger partial charge in [0, 0.05) is 19.1 Å². The Morgan fingerprint density at radius 2 is 2.10 bits per heavy atom. The predicted octanol–water partition coefficient (Wildman–Crippen LogP) is 2.75. The average molecular weight is 292 g/mol. The summed E-state index contributed by atoms with van der Waals surface area (Å²) in [7, 11) is 0. The summed E-state index contributed by atoms with van der Waals surface area (Å²) in [5.74, 6) is -0.126. The van der Waals surface area contributed by atoms with Crippen LogP contribution in [0.2, 0.25) is 0 Å². The molecule has 1 saturated heterocycles. The molecule has 0 saturated carbocycles. The van der Waals surface area contributed by atoms with Crippen LogP contribution in [0.1, 0.15) is 38.2 Å². The Kier molecular flexibility index (Phi) is 6.18. The monoisotopic (exact) mass is 292 g/mol. The van der Waals surface area contributed by atoms with Crippen molar-refractivity contribution in [2.45, 2.75) is 45.1 Å². The lowest BCUT2D eigenvalue weighted by atomic mass is 10.0. The molecule has 1 fully saturated rings. The van der Waals surface area contributed by atoms with Crippen LogP contribution in [-0.2, 0) is 11.2 Å². The normalized spacial score (nSPS) is 18.5. The molecule has 0 aromatic heterocycles. The molecule has 1 aromatic rings. The summed E-state index contributed by atoms with van der Waals surface area (Å²) >= 11 is 0. The van der Waals surface area contributed by atoms with E-state index in [1.54, 1.807) is 12.1 Å². The maximum Gasteiger partial charge on any atom is 0.227 e. The molecule has 1 heterocycles. The number of piperidine rings is 1. The molecule has 1 N–H and O–H groups in total. The number of carbonyl (C=O) groups is 1. The third-order valence-electron chi connectivity index (χ3n) is 3.97. The number of nitrogens with one attached hydrogen (secondary N) is 1. The molecule has 116 valence electrons. The van der Waals surface area contributed by atoms with Gasteiger partial charge in [0.2, 0.25) is 5.91 Å². The highest BCUT2D eigenvalue weighted by atomic mass is 19.1. The van der Waals surface area contributed by atoms with Crippen LogP contribution in [0.15, 0.2) is 24.3 Å². The van der Waals surface area contributed by atoms with Gasteiger partial charge in [0.1, 0.15) is 5.82 Å². The fourth-order valence-corrected chi connectivity index (χ4v) is 2.82. The van der Waals surface area contributed by atoms with E-state index >= 15 is 0 Å². The van der Waals surface area contributed by atoms with Gasteiger partial charge in [-0.1, -0.05) is 25.5 Å². The summed E-state index contributed by atoms with van der Waals surface area (Å²) in [6.45, 7) is 4.72. The minimum absolute atomic E-state index is 0.135. The third kappa shape index (κ3) is 5.12. The molecule has 0 aliphatic carbocycles. The van der Waals surface area contributed by atoms with Gasteiger partial charge in [-0.25, -0.2) is 4.39 Å². The Balaban J connectivity index is 1.92. The van der Waals surface area contributed by atoms with Gasteiger partial charge in [-0.05, 0) is 43.5 Å². The summed E-state index contributed by atoms with van der Waals surface area (Å²) in [5.41, 5.74) is 0.874. The van der Waals surface area contributed by atoms with Gasteiger partial charge >= 0.3 is 0 Å². The SMILES string of the molecule is CCCN(CC1CCCCN1)C(=O)Cc1ccc(F)cc1. The molecule has 2 rings (SSSR count). The molecule has 1 unspecified atom stereocenters. The van der Waals surface area contributed by atoms with Crippen LogP contribution in [-0.4, -0.2) is 36.5 Å². The molecular formula is C17H25FN2O. The summed E-state index contributed by atoms with van der Waals surface area (Å²) in [5, 5.41) is 3.49. The van der Waals surface area contributed by atoms with Gasteiger partial charge in [0.15, 0.2) is 0 Å². The highest BCUT2D eigenvalue weighted by Crippen LogP contribution is 2.11. The lowest BCUT2D eigenvalue weighted by Gasteiger charge is -2.30. The van der Waals surface area contributed by atoms with Gasteiger partial charge in [-0.3, -0.25) is 4.79 Å². The van der Waals surface area contributed by atoms with E-state index in [1.165, 1.54) is 25.0 Å². The highest BCUT2D eigenvalue weighted by Gasteiger charge is 2.20. The van der Waals surface area contributed by atoms with Gasteiger partial charge in [-0.15, -0.1) is 0 Å². The Hall–Kier alpha value is -1.42. The molecule has 1 amide bonds. The van der Waals surface area contributed by atoms with Crippen molar-refractivity contribution >= 4 is 5.91 Å². The topological polar surface area (TPSA) is 32.3 Å². The largest absolute Gasteiger partial charge is 0.341 e. The molecule has 1 atom stereocenters. The van der Waals surface area contributed by atoms with E-state index in [9.17, 15) is 9.18 Å². The molecule has 4 heteroatoms. The quantitative estimate of drug-likeness (QED) is 0.874. The molecule has 21 heavy (non-hydrogen) atoms. The number of halogens is 1. The first-order chi connectivity index (χ1) is 10.2. The summed E-state index contributed by atoms with van der Waals surface area (Å²) in [4.78, 5) is 14.4. The Labute approximate surface area is 126 Å². The van der Waals surface area contributed by atoms with Crippen LogP contribution in [0.3, 0.4) is 0 Å². The Morgan fingerprint density at radius 3 is 2.71 bits per heavy atom. The van der Waals surface area contributed by atoms with Crippen LogP contribution < -0.4 is 5.32 Å². The van der Waals surface area contributed by atoms with Crippen molar-refractivity contribution in [1.82, 2.24) is 10.2 Å². The van der Waals surface area contributed by atoms with E-state index in [4.69, 9.17) is 0 Å². The van der Waals surface area contributed by atoms with Crippen molar-refractivity contribution in [2.24, 2.45) is 0 Å². The first-order valence-corrected chi connectivity index (χ1v) is 7.94. The second-order valence-electron chi connectivity index (χ2n) is 5.79. The number of benzene rings is 1. The second-order valence-corrected chi connectivity index (χ2v) is 5.79. The van der Waals surface area contributed by atoms with Gasteiger partial charge in [0.25, 0.3) is 0 Å². The van der Waals surface area contributed by atoms with Crippen molar-refractivity contribution < 1.29 is 9.18 Å². The standard InChI is InChI=1S/C17H25FN2O/c1-2-11-20(13-16-5-3-4-10-19-16)17(21)12-14-6-8-15(18)9-7-14/h6-9,16,19H,2-5,10-13H2,1H3. The Bertz CT molecular complexity index is 441. The zero-order valence-corrected chi connectivity index (χ0v) is 12.8. The smallest absolute Gasteiger partial charge is 0.227 e. The van der Waals surface area contributed by atoms with Crippen molar-refractivity contribution in [1.29, 1.82) is 0 Å². The second kappa shape index (κ2) is 8.13. The van der Waals surface area contributed by atoms with E-state index in [0.29, 0.717) is 12.5 Å². The van der Waals surface area contributed by atoms with Crippen molar-refractivity contribution in [3.05, 3.63) is 35.6 Å². The zero-order valence-electron chi connectivity index (χ0n) is 12.8. The molecule has 0 spiro atoms. The van der Waals surface area contributed by atoms with Gasteiger partial charge in [-0.2, -0.15) is 0 Å². The van der Waals surface area contributed by atoms with Crippen molar-refractivity contribution in [2.75, 3.05) is 19.6 Å². The van der Waals surface area contributed by atoms with Gasteiger partial charge in [0.05, 0.1) is 6.42 Å². The number of hydrogen-bond donors (Lipinski definition) is 1. The molecular weight excluding hydrogens is 267 g/mol. The average Bonchev–Trinajstić information content (AvgIpc) is 2.50. The first kappa shape index (κ1) is 16.0. The summed E-state index contributed by atoms with van der Waals surface area (Å²) in [6.07, 6.45) is 4.93. The van der Waals surface area contributed by atoms with E-state index in [1.807, 2.05) is 4.90 Å². The number of hydrogen-bond acceptors (Lipinski definition) is 2. The van der Waals surface area contributed by atoms with Crippen molar-refractivity contribution in [3.8, 4) is 0 Å². The van der Waals surface area contributed by atoms with Crippen LogP contribution in [0, 0.1) is 5.82 Å². The molecule has 1 aliphatic rings.